The number of aromatic carboxylic acids is 1. The number of ether oxygens (including phenoxy) is 1. The van der Waals surface area contributed by atoms with E-state index in [1.54, 1.807) is 4.90 Å². The fraction of sp³-hybridized carbons (Fsp3) is 0.500. The number of likely N-dealkylation sites (tertiary alicyclic amines) is 1. The van der Waals surface area contributed by atoms with Crippen LogP contribution in [-0.4, -0.2) is 52.3 Å². The van der Waals surface area contributed by atoms with Gasteiger partial charge in [-0.1, -0.05) is 0 Å². The Kier molecular flexibility index (Phi) is 3.78. The van der Waals surface area contributed by atoms with Crippen LogP contribution in [0.25, 0.3) is 0 Å². The maximum atomic E-state index is 12.5. The first kappa shape index (κ1) is 14.8. The molecule has 0 atom stereocenters. The summed E-state index contributed by atoms with van der Waals surface area (Å²) in [5, 5.41) is 18.6. The molecule has 2 fully saturated rings. The molecule has 3 rings (SSSR count). The Balaban J connectivity index is 1.73. The van der Waals surface area contributed by atoms with Crippen LogP contribution in [0.5, 0.6) is 5.75 Å². The molecule has 1 aromatic carbocycles. The summed E-state index contributed by atoms with van der Waals surface area (Å²) in [5.41, 5.74) is 0.0543. The molecule has 0 saturated carbocycles. The second kappa shape index (κ2) is 5.61. The maximum absolute atomic E-state index is 12.5. The SMILES string of the molecule is O=C(O)c1cc(O)cc(C(=O)N2CCC3(CCCO3)CC2)c1. The van der Waals surface area contributed by atoms with Gasteiger partial charge in [0.15, 0.2) is 0 Å². The molecule has 2 aliphatic heterocycles. The number of carboxylic acid groups (broad SMARTS) is 1. The van der Waals surface area contributed by atoms with Gasteiger partial charge in [0.05, 0.1) is 11.2 Å². The molecule has 0 aromatic heterocycles. The van der Waals surface area contributed by atoms with Crippen molar-refractivity contribution in [3.05, 3.63) is 29.3 Å². The molecule has 22 heavy (non-hydrogen) atoms. The second-order valence-corrected chi connectivity index (χ2v) is 6.00. The van der Waals surface area contributed by atoms with E-state index in [1.165, 1.54) is 12.1 Å². The monoisotopic (exact) mass is 305 g/mol. The predicted molar refractivity (Wildman–Crippen MR) is 78.1 cm³/mol. The number of aromatic hydroxyl groups is 1. The molecular formula is C16H19NO5. The molecule has 118 valence electrons. The van der Waals surface area contributed by atoms with E-state index in [4.69, 9.17) is 9.84 Å². The summed E-state index contributed by atoms with van der Waals surface area (Å²) in [6.45, 7) is 1.98. The van der Waals surface area contributed by atoms with Gasteiger partial charge in [0.2, 0.25) is 0 Å². The van der Waals surface area contributed by atoms with Gasteiger partial charge in [0.25, 0.3) is 5.91 Å². The van der Waals surface area contributed by atoms with Crippen LogP contribution in [0.1, 0.15) is 46.4 Å². The lowest BCUT2D eigenvalue weighted by Crippen LogP contribution is -2.46. The smallest absolute Gasteiger partial charge is 0.335 e. The number of phenols is 1. The van der Waals surface area contributed by atoms with Gasteiger partial charge < -0.3 is 19.8 Å². The first-order valence-electron chi connectivity index (χ1n) is 7.50. The number of carbonyl (C=O) groups is 2. The van der Waals surface area contributed by atoms with Gasteiger partial charge in [-0.15, -0.1) is 0 Å². The van der Waals surface area contributed by atoms with Crippen LogP contribution in [0, 0.1) is 0 Å². The van der Waals surface area contributed by atoms with Crippen LogP contribution in [0.15, 0.2) is 18.2 Å². The van der Waals surface area contributed by atoms with E-state index in [0.717, 1.165) is 38.4 Å². The highest BCUT2D eigenvalue weighted by atomic mass is 16.5. The van der Waals surface area contributed by atoms with Gasteiger partial charge >= 0.3 is 5.97 Å². The number of phenolic OH excluding ortho intramolecular Hbond substituents is 1. The summed E-state index contributed by atoms with van der Waals surface area (Å²) >= 11 is 0. The number of hydrogen-bond acceptors (Lipinski definition) is 4. The molecule has 0 aliphatic carbocycles. The summed E-state index contributed by atoms with van der Waals surface area (Å²) in [7, 11) is 0. The zero-order chi connectivity index (χ0) is 15.7. The van der Waals surface area contributed by atoms with Crippen molar-refractivity contribution in [1.82, 2.24) is 4.90 Å². The topological polar surface area (TPSA) is 87.1 Å². The molecule has 1 spiro atoms. The van der Waals surface area contributed by atoms with Gasteiger partial charge in [-0.05, 0) is 43.9 Å². The molecule has 0 radical (unpaired) electrons. The van der Waals surface area contributed by atoms with Crippen molar-refractivity contribution in [2.24, 2.45) is 0 Å². The molecular weight excluding hydrogens is 286 g/mol. The lowest BCUT2D eigenvalue weighted by atomic mass is 9.88. The summed E-state index contributed by atoms with van der Waals surface area (Å²) < 4.78 is 5.83. The van der Waals surface area contributed by atoms with E-state index in [1.807, 2.05) is 0 Å². The lowest BCUT2D eigenvalue weighted by Gasteiger charge is -2.38. The molecule has 2 aliphatic rings. The first-order valence-corrected chi connectivity index (χ1v) is 7.50. The zero-order valence-corrected chi connectivity index (χ0v) is 12.2. The van der Waals surface area contributed by atoms with Crippen molar-refractivity contribution < 1.29 is 24.5 Å². The van der Waals surface area contributed by atoms with E-state index in [0.29, 0.717) is 13.1 Å². The maximum Gasteiger partial charge on any atom is 0.335 e. The molecule has 0 bridgehead atoms. The Labute approximate surface area is 128 Å². The van der Waals surface area contributed by atoms with Crippen LogP contribution in [0.3, 0.4) is 0 Å². The summed E-state index contributed by atoms with van der Waals surface area (Å²) in [6, 6.07) is 3.75. The first-order chi connectivity index (χ1) is 10.5. The van der Waals surface area contributed by atoms with Crippen LogP contribution >= 0.6 is 0 Å². The van der Waals surface area contributed by atoms with E-state index < -0.39 is 5.97 Å². The van der Waals surface area contributed by atoms with E-state index in [-0.39, 0.29) is 28.4 Å². The van der Waals surface area contributed by atoms with Crippen LogP contribution in [-0.2, 0) is 4.74 Å². The normalized spacial score (nSPS) is 20.3. The Hall–Kier alpha value is -2.08. The van der Waals surface area contributed by atoms with Crippen molar-refractivity contribution in [2.45, 2.75) is 31.3 Å². The summed E-state index contributed by atoms with van der Waals surface area (Å²) in [5.74, 6) is -1.62. The molecule has 2 saturated heterocycles. The largest absolute Gasteiger partial charge is 0.508 e. The fourth-order valence-electron chi connectivity index (χ4n) is 3.31. The van der Waals surface area contributed by atoms with E-state index in [2.05, 4.69) is 0 Å². The third kappa shape index (κ3) is 2.78. The minimum atomic E-state index is -1.16. The Morgan fingerprint density at radius 2 is 1.77 bits per heavy atom. The third-order valence-electron chi connectivity index (χ3n) is 4.56. The van der Waals surface area contributed by atoms with Gasteiger partial charge in [-0.2, -0.15) is 0 Å². The predicted octanol–water partition coefficient (Wildman–Crippen LogP) is 1.88. The highest BCUT2D eigenvalue weighted by molar-refractivity contribution is 5.98. The number of carboxylic acids is 1. The Morgan fingerprint density at radius 3 is 2.36 bits per heavy atom. The van der Waals surface area contributed by atoms with Crippen LogP contribution in [0.2, 0.25) is 0 Å². The zero-order valence-electron chi connectivity index (χ0n) is 12.2. The van der Waals surface area contributed by atoms with Gasteiger partial charge in [0.1, 0.15) is 5.75 Å². The van der Waals surface area contributed by atoms with Crippen molar-refractivity contribution in [1.29, 1.82) is 0 Å². The van der Waals surface area contributed by atoms with Crippen LogP contribution < -0.4 is 0 Å². The Bertz CT molecular complexity index is 597. The Morgan fingerprint density at radius 1 is 1.09 bits per heavy atom. The molecule has 0 unspecified atom stereocenters. The second-order valence-electron chi connectivity index (χ2n) is 6.00. The minimum Gasteiger partial charge on any atom is -0.508 e. The van der Waals surface area contributed by atoms with Crippen LogP contribution in [0.4, 0.5) is 0 Å². The number of nitrogens with zero attached hydrogens (tertiary/aromatic N) is 1. The average molecular weight is 305 g/mol. The molecule has 6 nitrogen and oxygen atoms in total. The lowest BCUT2D eigenvalue weighted by molar-refractivity contribution is -0.0387. The molecule has 1 aromatic rings. The van der Waals surface area contributed by atoms with Gasteiger partial charge in [-0.25, -0.2) is 4.79 Å². The van der Waals surface area contributed by atoms with Crippen molar-refractivity contribution in [2.75, 3.05) is 19.7 Å². The van der Waals surface area contributed by atoms with Gasteiger partial charge in [0, 0.05) is 25.3 Å². The van der Waals surface area contributed by atoms with Crippen molar-refractivity contribution in [3.63, 3.8) is 0 Å². The fourth-order valence-corrected chi connectivity index (χ4v) is 3.31. The number of piperidine rings is 1. The molecule has 2 heterocycles. The number of rotatable bonds is 2. The van der Waals surface area contributed by atoms with Crippen molar-refractivity contribution >= 4 is 11.9 Å². The third-order valence-corrected chi connectivity index (χ3v) is 4.56. The number of hydrogen-bond donors (Lipinski definition) is 2. The molecule has 2 N–H and O–H groups in total. The summed E-state index contributed by atoms with van der Waals surface area (Å²) in [6.07, 6.45) is 3.74. The standard InChI is InChI=1S/C16H19NO5/c18-13-9-11(8-12(10-13)15(20)21)14(19)17-5-3-16(4-6-17)2-1-7-22-16/h8-10,18H,1-7H2,(H,20,21). The average Bonchev–Trinajstić information content (AvgIpc) is 2.95. The van der Waals surface area contributed by atoms with Crippen molar-refractivity contribution in [3.8, 4) is 5.75 Å². The molecule has 6 heteroatoms. The minimum absolute atomic E-state index is 0.0676. The number of carbonyl (C=O) groups excluding carboxylic acids is 1. The summed E-state index contributed by atoms with van der Waals surface area (Å²) in [4.78, 5) is 25.2. The van der Waals surface area contributed by atoms with E-state index >= 15 is 0 Å². The van der Waals surface area contributed by atoms with E-state index in [9.17, 15) is 14.7 Å². The highest BCUT2D eigenvalue weighted by Crippen LogP contribution is 2.36. The van der Waals surface area contributed by atoms with Gasteiger partial charge in [-0.3, -0.25) is 4.79 Å². The number of amides is 1. The number of benzene rings is 1. The quantitative estimate of drug-likeness (QED) is 0.871. The highest BCUT2D eigenvalue weighted by Gasteiger charge is 2.39. The molecule has 1 amide bonds.